The number of nitrogens with one attached hydrogen (secondary N) is 2. The van der Waals surface area contributed by atoms with Crippen LogP contribution in [0.25, 0.3) is 0 Å². The molecule has 0 saturated heterocycles. The Kier molecular flexibility index (Phi) is 12.0. The maximum atomic E-state index is 12.5. The summed E-state index contributed by atoms with van der Waals surface area (Å²) in [5, 5.41) is 6.12. The van der Waals surface area contributed by atoms with Crippen molar-refractivity contribution in [3.63, 3.8) is 0 Å². The average Bonchev–Trinajstić information content (AvgIpc) is 2.56. The number of rotatable bonds is 8. The number of carbonyl (C=O) groups excluding carboxylic acids is 1. The lowest BCUT2D eigenvalue weighted by molar-refractivity contribution is -0.143. The van der Waals surface area contributed by atoms with E-state index in [1.165, 1.54) is 12.1 Å². The summed E-state index contributed by atoms with van der Waals surface area (Å²) in [5.41, 5.74) is 0.000883. The highest BCUT2D eigenvalue weighted by Gasteiger charge is 2.29. The van der Waals surface area contributed by atoms with Crippen LogP contribution in [0.4, 0.5) is 13.2 Å². The Morgan fingerprint density at radius 2 is 1.81 bits per heavy atom. The number of carbonyl (C=O) groups is 1. The average molecular weight is 487 g/mol. The number of ether oxygens (including phenoxy) is 1. The van der Waals surface area contributed by atoms with Crippen molar-refractivity contribution in [3.8, 4) is 0 Å². The summed E-state index contributed by atoms with van der Waals surface area (Å²) in [6, 6.07) is 4.92. The highest BCUT2D eigenvalue weighted by atomic mass is 127. The highest BCUT2D eigenvalue weighted by Crippen LogP contribution is 2.29. The molecule has 5 nitrogen and oxygen atoms in total. The van der Waals surface area contributed by atoms with Crippen LogP contribution in [-0.4, -0.2) is 31.6 Å². The van der Waals surface area contributed by atoms with Crippen molar-refractivity contribution < 1.29 is 22.7 Å². The second-order valence-electron chi connectivity index (χ2n) is 5.23. The monoisotopic (exact) mass is 487 g/mol. The molecule has 0 aliphatic rings. The fourth-order valence-electron chi connectivity index (χ4n) is 1.98. The Hall–Kier alpha value is -1.52. The standard InChI is InChI=1S/C17H24F3N3O2.HI/c1-3-21-16(22-11-5-6-15(24)25-4-2)23-12-13-7-9-14(10-8-13)17(18,19)20;/h7-10H,3-6,11-12H2,1-2H3,(H2,21,22,23);1H. The number of nitrogens with zero attached hydrogens (tertiary/aromatic N) is 1. The first-order valence-corrected chi connectivity index (χ1v) is 8.20. The van der Waals surface area contributed by atoms with Crippen LogP contribution in [0.5, 0.6) is 0 Å². The van der Waals surface area contributed by atoms with E-state index in [0.717, 1.165) is 12.1 Å². The van der Waals surface area contributed by atoms with Gasteiger partial charge in [0, 0.05) is 19.5 Å². The first-order chi connectivity index (χ1) is 11.9. The molecule has 0 radical (unpaired) electrons. The minimum atomic E-state index is -4.34. The zero-order chi connectivity index (χ0) is 18.7. The summed E-state index contributed by atoms with van der Waals surface area (Å²) < 4.78 is 42.4. The van der Waals surface area contributed by atoms with E-state index in [0.29, 0.717) is 44.1 Å². The van der Waals surface area contributed by atoms with E-state index in [1.807, 2.05) is 6.92 Å². The first kappa shape index (κ1) is 24.5. The second-order valence-corrected chi connectivity index (χ2v) is 5.23. The summed E-state index contributed by atoms with van der Waals surface area (Å²) >= 11 is 0. The molecular formula is C17H25F3IN3O2. The normalized spacial score (nSPS) is 11.5. The Labute approximate surface area is 168 Å². The third-order valence-electron chi connectivity index (χ3n) is 3.20. The van der Waals surface area contributed by atoms with Gasteiger partial charge in [0.25, 0.3) is 0 Å². The van der Waals surface area contributed by atoms with Crippen LogP contribution < -0.4 is 10.6 Å². The Morgan fingerprint density at radius 3 is 2.35 bits per heavy atom. The summed E-state index contributed by atoms with van der Waals surface area (Å²) in [7, 11) is 0. The molecule has 0 amide bonds. The topological polar surface area (TPSA) is 62.7 Å². The molecule has 0 spiro atoms. The largest absolute Gasteiger partial charge is 0.466 e. The second kappa shape index (κ2) is 12.8. The van der Waals surface area contributed by atoms with E-state index in [1.54, 1.807) is 6.92 Å². The molecule has 1 aromatic rings. The lowest BCUT2D eigenvalue weighted by atomic mass is 10.1. The molecule has 1 rings (SSSR count). The van der Waals surface area contributed by atoms with Gasteiger partial charge in [0.1, 0.15) is 0 Å². The van der Waals surface area contributed by atoms with Crippen LogP contribution in [-0.2, 0) is 22.3 Å². The van der Waals surface area contributed by atoms with Gasteiger partial charge in [0.2, 0.25) is 0 Å². The van der Waals surface area contributed by atoms with Crippen molar-refractivity contribution in [2.75, 3.05) is 19.7 Å². The number of guanidine groups is 1. The fraction of sp³-hybridized carbons (Fsp3) is 0.529. The van der Waals surface area contributed by atoms with Crippen LogP contribution in [0.3, 0.4) is 0 Å². The van der Waals surface area contributed by atoms with Crippen molar-refractivity contribution in [2.24, 2.45) is 4.99 Å². The molecular weight excluding hydrogens is 462 g/mol. The molecule has 0 aliphatic carbocycles. The summed E-state index contributed by atoms with van der Waals surface area (Å²) in [6.07, 6.45) is -3.42. The van der Waals surface area contributed by atoms with Crippen LogP contribution in [0.15, 0.2) is 29.3 Å². The molecule has 2 N–H and O–H groups in total. The van der Waals surface area contributed by atoms with E-state index in [-0.39, 0.29) is 36.5 Å². The predicted molar refractivity (Wildman–Crippen MR) is 106 cm³/mol. The molecule has 26 heavy (non-hydrogen) atoms. The number of hydrogen-bond acceptors (Lipinski definition) is 3. The molecule has 0 atom stereocenters. The van der Waals surface area contributed by atoms with Crippen molar-refractivity contribution in [1.29, 1.82) is 0 Å². The molecule has 148 valence electrons. The molecule has 0 saturated carbocycles. The van der Waals surface area contributed by atoms with E-state index >= 15 is 0 Å². The first-order valence-electron chi connectivity index (χ1n) is 8.20. The van der Waals surface area contributed by atoms with Gasteiger partial charge in [-0.15, -0.1) is 24.0 Å². The summed E-state index contributed by atoms with van der Waals surface area (Å²) in [5.74, 6) is 0.308. The van der Waals surface area contributed by atoms with Gasteiger partial charge in [-0.2, -0.15) is 13.2 Å². The molecule has 0 heterocycles. The molecule has 0 aromatic heterocycles. The minimum absolute atomic E-state index is 0. The minimum Gasteiger partial charge on any atom is -0.466 e. The maximum absolute atomic E-state index is 12.5. The van der Waals surface area contributed by atoms with Crippen LogP contribution >= 0.6 is 24.0 Å². The third-order valence-corrected chi connectivity index (χ3v) is 3.20. The SMILES string of the molecule is CCNC(=NCc1ccc(C(F)(F)F)cc1)NCCCC(=O)OCC.I. The van der Waals surface area contributed by atoms with Gasteiger partial charge in [-0.3, -0.25) is 4.79 Å². The predicted octanol–water partition coefficient (Wildman–Crippen LogP) is 3.72. The zero-order valence-corrected chi connectivity index (χ0v) is 17.2. The van der Waals surface area contributed by atoms with Crippen LogP contribution in [0, 0.1) is 0 Å². The number of benzene rings is 1. The third kappa shape index (κ3) is 9.83. The molecule has 1 aromatic carbocycles. The quantitative estimate of drug-likeness (QED) is 0.193. The molecule has 0 unspecified atom stereocenters. The number of halogens is 4. The molecule has 0 bridgehead atoms. The van der Waals surface area contributed by atoms with E-state index in [4.69, 9.17) is 4.74 Å². The van der Waals surface area contributed by atoms with Gasteiger partial charge in [-0.25, -0.2) is 4.99 Å². The van der Waals surface area contributed by atoms with Crippen LogP contribution in [0.2, 0.25) is 0 Å². The van der Waals surface area contributed by atoms with Gasteiger partial charge in [0.15, 0.2) is 5.96 Å². The zero-order valence-electron chi connectivity index (χ0n) is 14.9. The van der Waals surface area contributed by atoms with Gasteiger partial charge < -0.3 is 15.4 Å². The smallest absolute Gasteiger partial charge is 0.416 e. The van der Waals surface area contributed by atoms with Gasteiger partial charge in [-0.1, -0.05) is 12.1 Å². The molecule has 0 fully saturated rings. The number of esters is 1. The van der Waals surface area contributed by atoms with E-state index < -0.39 is 11.7 Å². The Balaban J connectivity index is 0.00000625. The highest BCUT2D eigenvalue weighted by molar-refractivity contribution is 14.0. The Bertz CT molecular complexity index is 563. The van der Waals surface area contributed by atoms with Crippen molar-refractivity contribution in [2.45, 2.75) is 39.4 Å². The summed E-state index contributed by atoms with van der Waals surface area (Å²) in [6.45, 7) is 5.48. The molecule has 9 heteroatoms. The maximum Gasteiger partial charge on any atom is 0.416 e. The van der Waals surface area contributed by atoms with Crippen molar-refractivity contribution in [1.82, 2.24) is 10.6 Å². The Morgan fingerprint density at radius 1 is 1.15 bits per heavy atom. The van der Waals surface area contributed by atoms with E-state index in [2.05, 4.69) is 15.6 Å². The van der Waals surface area contributed by atoms with Crippen molar-refractivity contribution >= 4 is 35.9 Å². The number of hydrogen-bond donors (Lipinski definition) is 2. The van der Waals surface area contributed by atoms with Crippen molar-refractivity contribution in [3.05, 3.63) is 35.4 Å². The fourth-order valence-corrected chi connectivity index (χ4v) is 1.98. The lowest BCUT2D eigenvalue weighted by Gasteiger charge is -2.11. The van der Waals surface area contributed by atoms with E-state index in [9.17, 15) is 18.0 Å². The lowest BCUT2D eigenvalue weighted by Crippen LogP contribution is -2.37. The number of aliphatic imine (C=N–C) groups is 1. The van der Waals surface area contributed by atoms with Gasteiger partial charge in [0.05, 0.1) is 18.7 Å². The summed E-state index contributed by atoms with van der Waals surface area (Å²) in [4.78, 5) is 15.6. The van der Waals surface area contributed by atoms with Crippen LogP contribution in [0.1, 0.15) is 37.8 Å². The molecule has 0 aliphatic heterocycles. The van der Waals surface area contributed by atoms with Gasteiger partial charge >= 0.3 is 12.1 Å². The number of alkyl halides is 3. The van der Waals surface area contributed by atoms with Gasteiger partial charge in [-0.05, 0) is 38.0 Å².